The third-order valence-corrected chi connectivity index (χ3v) is 1.93. The molecule has 1 aliphatic heterocycles. The van der Waals surface area contributed by atoms with Gasteiger partial charge in [0, 0.05) is 11.1 Å². The SMILES string of the molecule is NC(=O)c1ccc2c(c1)OCC=C2. The molecule has 2 rings (SSSR count). The van der Waals surface area contributed by atoms with Crippen LogP contribution in [0.5, 0.6) is 5.75 Å². The van der Waals surface area contributed by atoms with Crippen molar-refractivity contribution >= 4 is 12.0 Å². The van der Waals surface area contributed by atoms with Crippen molar-refractivity contribution in [2.75, 3.05) is 6.61 Å². The van der Waals surface area contributed by atoms with Crippen LogP contribution in [0.25, 0.3) is 6.08 Å². The number of amides is 1. The van der Waals surface area contributed by atoms with Gasteiger partial charge in [-0.2, -0.15) is 0 Å². The second kappa shape index (κ2) is 2.94. The highest BCUT2D eigenvalue weighted by atomic mass is 16.5. The zero-order valence-electron chi connectivity index (χ0n) is 6.99. The minimum absolute atomic E-state index is 0.430. The van der Waals surface area contributed by atoms with Crippen LogP contribution in [0.15, 0.2) is 24.3 Å². The summed E-state index contributed by atoms with van der Waals surface area (Å²) < 4.78 is 5.32. The van der Waals surface area contributed by atoms with Gasteiger partial charge < -0.3 is 10.5 Å². The summed E-state index contributed by atoms with van der Waals surface area (Å²) in [6.45, 7) is 0.551. The van der Waals surface area contributed by atoms with Crippen LogP contribution in [-0.2, 0) is 0 Å². The Kier molecular flexibility index (Phi) is 1.77. The van der Waals surface area contributed by atoms with Crippen LogP contribution in [0.1, 0.15) is 15.9 Å². The Morgan fingerprint density at radius 3 is 3.08 bits per heavy atom. The van der Waals surface area contributed by atoms with Gasteiger partial charge in [-0.05, 0) is 18.2 Å². The second-order valence-electron chi connectivity index (χ2n) is 2.83. The molecule has 0 atom stereocenters. The molecule has 0 saturated carbocycles. The van der Waals surface area contributed by atoms with Gasteiger partial charge in [-0.1, -0.05) is 12.1 Å². The highest BCUT2D eigenvalue weighted by molar-refractivity contribution is 5.93. The van der Waals surface area contributed by atoms with Crippen LogP contribution < -0.4 is 10.5 Å². The van der Waals surface area contributed by atoms with Crippen molar-refractivity contribution in [2.45, 2.75) is 0 Å². The maximum atomic E-state index is 10.8. The normalized spacial score (nSPS) is 13.2. The van der Waals surface area contributed by atoms with Gasteiger partial charge >= 0.3 is 0 Å². The van der Waals surface area contributed by atoms with Crippen molar-refractivity contribution in [1.29, 1.82) is 0 Å². The number of carbonyl (C=O) groups excluding carboxylic acids is 1. The number of ether oxygens (including phenoxy) is 1. The lowest BCUT2D eigenvalue weighted by Crippen LogP contribution is -2.11. The Hall–Kier alpha value is -1.77. The van der Waals surface area contributed by atoms with E-state index in [-0.39, 0.29) is 0 Å². The van der Waals surface area contributed by atoms with Crippen LogP contribution in [0, 0.1) is 0 Å². The molecule has 0 aromatic heterocycles. The van der Waals surface area contributed by atoms with Crippen molar-refractivity contribution in [1.82, 2.24) is 0 Å². The quantitative estimate of drug-likeness (QED) is 0.697. The first-order valence-corrected chi connectivity index (χ1v) is 4.00. The molecule has 66 valence electrons. The number of fused-ring (bicyclic) bond motifs is 1. The Bertz CT molecular complexity index is 383. The van der Waals surface area contributed by atoms with Crippen LogP contribution in [0.2, 0.25) is 0 Å². The van der Waals surface area contributed by atoms with Gasteiger partial charge in [0.25, 0.3) is 0 Å². The molecule has 1 amide bonds. The van der Waals surface area contributed by atoms with E-state index >= 15 is 0 Å². The van der Waals surface area contributed by atoms with Crippen LogP contribution in [-0.4, -0.2) is 12.5 Å². The van der Waals surface area contributed by atoms with E-state index < -0.39 is 5.91 Å². The number of rotatable bonds is 1. The molecule has 0 saturated heterocycles. The number of carbonyl (C=O) groups is 1. The van der Waals surface area contributed by atoms with E-state index in [4.69, 9.17) is 10.5 Å². The Labute approximate surface area is 75.8 Å². The third-order valence-electron chi connectivity index (χ3n) is 1.93. The van der Waals surface area contributed by atoms with Crippen LogP contribution >= 0.6 is 0 Å². The van der Waals surface area contributed by atoms with Crippen molar-refractivity contribution < 1.29 is 9.53 Å². The maximum absolute atomic E-state index is 10.8. The molecule has 1 aliphatic rings. The van der Waals surface area contributed by atoms with Crippen LogP contribution in [0.3, 0.4) is 0 Å². The van der Waals surface area contributed by atoms with Crippen molar-refractivity contribution in [3.63, 3.8) is 0 Å². The van der Waals surface area contributed by atoms with Gasteiger partial charge in [-0.25, -0.2) is 0 Å². The fourth-order valence-electron chi connectivity index (χ4n) is 1.26. The minimum atomic E-state index is -0.430. The van der Waals surface area contributed by atoms with E-state index in [1.165, 1.54) is 0 Å². The summed E-state index contributed by atoms with van der Waals surface area (Å²) in [5.41, 5.74) is 6.60. The molecule has 13 heavy (non-hydrogen) atoms. The van der Waals surface area contributed by atoms with E-state index in [1.54, 1.807) is 12.1 Å². The van der Waals surface area contributed by atoms with E-state index in [2.05, 4.69) is 0 Å². The fourth-order valence-corrected chi connectivity index (χ4v) is 1.26. The maximum Gasteiger partial charge on any atom is 0.248 e. The standard InChI is InChI=1S/C10H9NO2/c11-10(12)8-4-3-7-2-1-5-13-9(7)6-8/h1-4,6H,5H2,(H2,11,12). The number of benzene rings is 1. The first-order valence-electron chi connectivity index (χ1n) is 4.00. The molecule has 0 radical (unpaired) electrons. The van der Waals surface area contributed by atoms with Gasteiger partial charge in [-0.15, -0.1) is 0 Å². The highest BCUT2D eigenvalue weighted by Crippen LogP contribution is 2.24. The number of hydrogen-bond donors (Lipinski definition) is 1. The first kappa shape index (κ1) is 7.86. The van der Waals surface area contributed by atoms with E-state index in [0.717, 1.165) is 11.3 Å². The summed E-state index contributed by atoms with van der Waals surface area (Å²) in [5, 5.41) is 0. The molecule has 3 heteroatoms. The predicted molar refractivity (Wildman–Crippen MR) is 49.5 cm³/mol. The molecule has 0 fully saturated rings. The summed E-state index contributed by atoms with van der Waals surface area (Å²) >= 11 is 0. The van der Waals surface area contributed by atoms with Gasteiger partial charge in [0.2, 0.25) is 5.91 Å². The molecule has 0 bridgehead atoms. The second-order valence-corrected chi connectivity index (χ2v) is 2.83. The van der Waals surface area contributed by atoms with Gasteiger partial charge in [0.1, 0.15) is 12.4 Å². The molecule has 1 aromatic rings. The molecular formula is C10H9NO2. The molecule has 2 N–H and O–H groups in total. The van der Waals surface area contributed by atoms with E-state index in [1.807, 2.05) is 18.2 Å². The topological polar surface area (TPSA) is 52.3 Å². The minimum Gasteiger partial charge on any atom is -0.489 e. The van der Waals surface area contributed by atoms with Crippen molar-refractivity contribution in [3.8, 4) is 5.75 Å². The van der Waals surface area contributed by atoms with E-state index in [9.17, 15) is 4.79 Å². The molecule has 0 unspecified atom stereocenters. The molecule has 1 aromatic carbocycles. The predicted octanol–water partition coefficient (Wildman–Crippen LogP) is 1.19. The summed E-state index contributed by atoms with van der Waals surface area (Å²) in [4.78, 5) is 10.8. The molecule has 0 aliphatic carbocycles. The third kappa shape index (κ3) is 1.40. The Balaban J connectivity index is 2.48. The zero-order chi connectivity index (χ0) is 9.26. The lowest BCUT2D eigenvalue weighted by molar-refractivity contribution is 0.1000. The summed E-state index contributed by atoms with van der Waals surface area (Å²) in [5.74, 6) is 0.291. The molecule has 1 heterocycles. The molecule has 3 nitrogen and oxygen atoms in total. The number of nitrogens with two attached hydrogens (primary N) is 1. The average molecular weight is 175 g/mol. The number of hydrogen-bond acceptors (Lipinski definition) is 2. The lowest BCUT2D eigenvalue weighted by Gasteiger charge is -2.12. The monoisotopic (exact) mass is 175 g/mol. The van der Waals surface area contributed by atoms with Gasteiger partial charge in [-0.3, -0.25) is 4.79 Å². The first-order chi connectivity index (χ1) is 6.27. The van der Waals surface area contributed by atoms with Crippen LogP contribution in [0.4, 0.5) is 0 Å². The highest BCUT2D eigenvalue weighted by Gasteiger charge is 2.08. The zero-order valence-corrected chi connectivity index (χ0v) is 6.99. The Morgan fingerprint density at radius 1 is 1.46 bits per heavy atom. The number of primary amides is 1. The Morgan fingerprint density at radius 2 is 2.31 bits per heavy atom. The van der Waals surface area contributed by atoms with Gasteiger partial charge in [0.05, 0.1) is 0 Å². The van der Waals surface area contributed by atoms with Crippen molar-refractivity contribution in [3.05, 3.63) is 35.4 Å². The average Bonchev–Trinajstić information content (AvgIpc) is 2.17. The molecule has 0 spiro atoms. The smallest absolute Gasteiger partial charge is 0.248 e. The summed E-state index contributed by atoms with van der Waals surface area (Å²) in [7, 11) is 0. The summed E-state index contributed by atoms with van der Waals surface area (Å²) in [6.07, 6.45) is 3.88. The largest absolute Gasteiger partial charge is 0.489 e. The van der Waals surface area contributed by atoms with Crippen molar-refractivity contribution in [2.24, 2.45) is 5.73 Å². The lowest BCUT2D eigenvalue weighted by atomic mass is 10.1. The molecular weight excluding hydrogens is 166 g/mol. The van der Waals surface area contributed by atoms with Gasteiger partial charge in [0.15, 0.2) is 0 Å². The fraction of sp³-hybridized carbons (Fsp3) is 0.100. The van der Waals surface area contributed by atoms with E-state index in [0.29, 0.717) is 12.2 Å². The summed E-state index contributed by atoms with van der Waals surface area (Å²) in [6, 6.07) is 5.19.